The number of hydrogen-bond acceptors (Lipinski definition) is 19. The van der Waals surface area contributed by atoms with Crippen LogP contribution in [0.3, 0.4) is 0 Å². The van der Waals surface area contributed by atoms with Crippen LogP contribution in [0.1, 0.15) is 88.2 Å². The number of benzene rings is 1. The third kappa shape index (κ3) is 7.76. The van der Waals surface area contributed by atoms with Gasteiger partial charge < -0.3 is 47.7 Å². The second-order valence-corrected chi connectivity index (χ2v) is 16.4. The molecule has 2 aromatic rings. The molecule has 62 heavy (non-hydrogen) atoms. The zero-order valence-electron chi connectivity index (χ0n) is 35.4. The van der Waals surface area contributed by atoms with Crippen molar-refractivity contribution in [2.45, 2.75) is 122 Å². The van der Waals surface area contributed by atoms with Crippen LogP contribution in [0.15, 0.2) is 48.7 Å². The topological polar surface area (TPSA) is 253 Å². The smallest absolute Gasteiger partial charge is 0.340 e. The van der Waals surface area contributed by atoms with Gasteiger partial charge in [0.2, 0.25) is 0 Å². The maximum absolute atomic E-state index is 14.4. The summed E-state index contributed by atoms with van der Waals surface area (Å²) in [7, 11) is 0. The van der Waals surface area contributed by atoms with Crippen molar-refractivity contribution in [1.82, 2.24) is 4.98 Å². The first-order valence-corrected chi connectivity index (χ1v) is 19.9. The summed E-state index contributed by atoms with van der Waals surface area (Å²) in [6.45, 7) is 7.17. The van der Waals surface area contributed by atoms with Gasteiger partial charge in [0.15, 0.2) is 30.0 Å². The predicted molar refractivity (Wildman–Crippen MR) is 205 cm³/mol. The van der Waals surface area contributed by atoms with Crippen LogP contribution in [0.25, 0.3) is 0 Å². The first-order chi connectivity index (χ1) is 29.1. The summed E-state index contributed by atoms with van der Waals surface area (Å²) in [5.41, 5.74) is -10.2. The first-order valence-electron chi connectivity index (χ1n) is 19.9. The fourth-order valence-corrected chi connectivity index (χ4v) is 9.74. The minimum atomic E-state index is -2.84. The van der Waals surface area contributed by atoms with E-state index >= 15 is 0 Å². The summed E-state index contributed by atoms with van der Waals surface area (Å²) >= 11 is 0. The molecular formula is C43H49NO18. The van der Waals surface area contributed by atoms with E-state index in [-0.39, 0.29) is 29.7 Å². The zero-order valence-corrected chi connectivity index (χ0v) is 35.4. The number of pyridine rings is 1. The van der Waals surface area contributed by atoms with Gasteiger partial charge in [0, 0.05) is 40.8 Å². The summed E-state index contributed by atoms with van der Waals surface area (Å²) in [4.78, 5) is 113. The number of hydrogen-bond donors (Lipinski definition) is 1. The summed E-state index contributed by atoms with van der Waals surface area (Å²) in [5, 5.41) is 13.6. The molecule has 1 N–H and O–H groups in total. The van der Waals surface area contributed by atoms with Crippen molar-refractivity contribution < 1.29 is 86.1 Å². The van der Waals surface area contributed by atoms with Gasteiger partial charge in [0.1, 0.15) is 42.0 Å². The largest absolute Gasteiger partial charge is 0.465 e. The Morgan fingerprint density at radius 2 is 1.37 bits per heavy atom. The molecule has 1 aromatic heterocycles. The lowest BCUT2D eigenvalue weighted by molar-refractivity contribution is -0.385. The Balaban J connectivity index is 1.79. The highest BCUT2D eigenvalue weighted by Crippen LogP contribution is 2.70. The van der Waals surface area contributed by atoms with Gasteiger partial charge >= 0.3 is 47.8 Å². The third-order valence-corrected chi connectivity index (χ3v) is 12.1. The Kier molecular flexibility index (Phi) is 12.6. The SMILES string of the molecule is CC(=O)OCC12C(OC(=O)c3ccccc3)C(OC(C)=O)[C@@H]3OC(=O)[C@@H](C)CCc4ncccc4C(=O)OC[C@]4(C)OC1([C@H](OC(C)=O)C4[C@H](OC(C)=O)C2OC(C)=O)[C@@]3(C)O. The van der Waals surface area contributed by atoms with Crippen LogP contribution in [0.4, 0.5) is 0 Å². The van der Waals surface area contributed by atoms with Crippen molar-refractivity contribution in [2.24, 2.45) is 17.3 Å². The molecule has 0 radical (unpaired) electrons. The van der Waals surface area contributed by atoms with E-state index in [2.05, 4.69) is 4.98 Å². The van der Waals surface area contributed by atoms with E-state index in [1.165, 1.54) is 56.4 Å². The number of fused-ring (bicyclic) bond motifs is 5. The molecule has 4 bridgehead atoms. The van der Waals surface area contributed by atoms with E-state index in [0.29, 0.717) is 0 Å². The molecule has 1 spiro atoms. The predicted octanol–water partition coefficient (Wildman–Crippen LogP) is 2.16. The fourth-order valence-electron chi connectivity index (χ4n) is 9.74. The lowest BCUT2D eigenvalue weighted by atomic mass is 9.45. The molecule has 3 fully saturated rings. The Morgan fingerprint density at radius 3 is 1.98 bits per heavy atom. The molecule has 334 valence electrons. The van der Waals surface area contributed by atoms with Crippen LogP contribution in [0.5, 0.6) is 0 Å². The van der Waals surface area contributed by atoms with E-state index in [0.717, 1.165) is 41.5 Å². The van der Waals surface area contributed by atoms with Gasteiger partial charge in [0.05, 0.1) is 28.7 Å². The lowest BCUT2D eigenvalue weighted by Gasteiger charge is -2.67. The van der Waals surface area contributed by atoms with Gasteiger partial charge in [-0.1, -0.05) is 25.1 Å². The molecule has 3 heterocycles. The van der Waals surface area contributed by atoms with Gasteiger partial charge in [-0.25, -0.2) is 9.59 Å². The molecular weight excluding hydrogens is 818 g/mol. The van der Waals surface area contributed by atoms with E-state index in [1.54, 1.807) is 6.07 Å². The number of aromatic nitrogens is 1. The normalized spacial score (nSPS) is 35.0. The number of aryl methyl sites for hydroxylation is 1. The summed E-state index contributed by atoms with van der Waals surface area (Å²) < 4.78 is 55.4. The number of cyclic esters (lactones) is 1. The molecule has 1 aromatic carbocycles. The number of rotatable bonds is 8. The average Bonchev–Trinajstić information content (AvgIpc) is 3.41. The fraction of sp³-hybridized carbons (Fsp3) is 0.558. The molecule has 6 unspecified atom stereocenters. The van der Waals surface area contributed by atoms with Crippen molar-refractivity contribution in [3.8, 4) is 0 Å². The summed E-state index contributed by atoms with van der Waals surface area (Å²) in [6.07, 6.45) is -10.6. The molecule has 1 saturated heterocycles. The van der Waals surface area contributed by atoms with Crippen molar-refractivity contribution in [1.29, 1.82) is 0 Å². The summed E-state index contributed by atoms with van der Waals surface area (Å²) in [5.74, 6) is -10.7. The molecule has 19 nitrogen and oxygen atoms in total. The van der Waals surface area contributed by atoms with Crippen LogP contribution in [0, 0.1) is 17.3 Å². The van der Waals surface area contributed by atoms with E-state index in [4.69, 9.17) is 42.6 Å². The highest BCUT2D eigenvalue weighted by molar-refractivity contribution is 5.91. The molecule has 2 aliphatic carbocycles. The molecule has 2 aliphatic heterocycles. The van der Waals surface area contributed by atoms with Crippen molar-refractivity contribution in [2.75, 3.05) is 13.2 Å². The summed E-state index contributed by atoms with van der Waals surface area (Å²) in [6, 6.07) is 10.4. The Hall–Kier alpha value is -5.95. The maximum Gasteiger partial charge on any atom is 0.340 e. The number of aliphatic hydroxyl groups is 1. The van der Waals surface area contributed by atoms with Crippen LogP contribution < -0.4 is 0 Å². The van der Waals surface area contributed by atoms with Crippen LogP contribution in [0.2, 0.25) is 0 Å². The van der Waals surface area contributed by atoms with Gasteiger partial charge in [-0.2, -0.15) is 0 Å². The molecule has 6 rings (SSSR count). The number of nitrogens with zero attached hydrogens (tertiary/aromatic N) is 1. The molecule has 0 amide bonds. The minimum Gasteiger partial charge on any atom is -0.465 e. The van der Waals surface area contributed by atoms with Crippen LogP contribution >= 0.6 is 0 Å². The van der Waals surface area contributed by atoms with Gasteiger partial charge in [-0.3, -0.25) is 33.8 Å². The lowest BCUT2D eigenvalue weighted by Crippen LogP contribution is -2.89. The monoisotopic (exact) mass is 867 g/mol. The number of esters is 8. The maximum atomic E-state index is 14.4. The standard InChI is InChI=1S/C43H49NO18/c1-21-16-17-29-28(15-12-18-44-29)39(52)55-19-40(7)30-31(56-23(3)46)35(59-26(6)49)42(20-54-22(2)45)36(61-38(51)27-13-10-9-11-14-27)32(57-24(4)47)34(60-37(21)50)41(8,53)43(42,62-40)33(30)58-25(5)48/h9-15,18,21,30-36,53H,16-17,19-20H2,1-8H3/t21-,30?,31-,32?,33+,34-,35?,36?,40-,41-,42?,43?/m0/s1. The average molecular weight is 868 g/mol. The Labute approximate surface area is 355 Å². The van der Waals surface area contributed by atoms with Crippen molar-refractivity contribution in [3.05, 3.63) is 65.5 Å². The first kappa shape index (κ1) is 45.6. The highest BCUT2D eigenvalue weighted by Gasteiger charge is 2.92. The quantitative estimate of drug-likeness (QED) is 0.295. The molecule has 2 saturated carbocycles. The van der Waals surface area contributed by atoms with Gasteiger partial charge in [0.25, 0.3) is 0 Å². The molecule has 4 aliphatic rings. The second kappa shape index (κ2) is 17.1. The molecule has 12 atom stereocenters. The zero-order chi connectivity index (χ0) is 45.5. The number of carbonyl (C=O) groups is 8. The van der Waals surface area contributed by atoms with Crippen molar-refractivity contribution in [3.63, 3.8) is 0 Å². The third-order valence-electron chi connectivity index (χ3n) is 12.1. The van der Waals surface area contributed by atoms with Crippen LogP contribution in [-0.2, 0) is 77.8 Å². The second-order valence-electron chi connectivity index (χ2n) is 16.4. The van der Waals surface area contributed by atoms with E-state index in [1.807, 2.05) is 0 Å². The van der Waals surface area contributed by atoms with Gasteiger partial charge in [-0.15, -0.1) is 0 Å². The number of ether oxygens (including phenoxy) is 9. The van der Waals surface area contributed by atoms with E-state index < -0.39 is 132 Å². The molecule has 19 heteroatoms. The highest BCUT2D eigenvalue weighted by atomic mass is 16.7. The van der Waals surface area contributed by atoms with E-state index in [9.17, 15) is 43.5 Å². The Morgan fingerprint density at radius 1 is 0.774 bits per heavy atom. The van der Waals surface area contributed by atoms with Gasteiger partial charge in [-0.05, 0) is 51.0 Å². The van der Waals surface area contributed by atoms with Crippen LogP contribution in [-0.4, -0.2) is 124 Å². The Bertz CT molecular complexity index is 2140. The minimum absolute atomic E-state index is 0.0225. The van der Waals surface area contributed by atoms with Crippen molar-refractivity contribution >= 4 is 47.8 Å². The number of carbonyl (C=O) groups excluding carboxylic acids is 8.